The van der Waals surface area contributed by atoms with Gasteiger partial charge in [0.05, 0.1) is 22.5 Å². The molecule has 0 fully saturated rings. The minimum absolute atomic E-state index is 0.107. The van der Waals surface area contributed by atoms with Crippen LogP contribution >= 0.6 is 11.3 Å². The Balaban J connectivity index is 1.68. The second kappa shape index (κ2) is 6.36. The molecule has 2 heterocycles. The van der Waals surface area contributed by atoms with Crippen LogP contribution in [0.5, 0.6) is 0 Å². The lowest BCUT2D eigenvalue weighted by molar-refractivity contribution is -0.142. The quantitative estimate of drug-likeness (QED) is 0.924. The van der Waals surface area contributed by atoms with E-state index in [0.717, 1.165) is 26.9 Å². The van der Waals surface area contributed by atoms with Crippen molar-refractivity contribution in [3.63, 3.8) is 0 Å². The number of thiazole rings is 1. The molecular weight excluding hydrogens is 322 g/mol. The predicted octanol–water partition coefficient (Wildman–Crippen LogP) is 3.52. The number of nitrogens with one attached hydrogen (secondary N) is 1. The second-order valence-electron chi connectivity index (χ2n) is 6.28. The van der Waals surface area contributed by atoms with Crippen molar-refractivity contribution in [2.45, 2.75) is 45.8 Å². The molecule has 5 nitrogen and oxygen atoms in total. The van der Waals surface area contributed by atoms with Gasteiger partial charge in [-0.3, -0.25) is 4.79 Å². The highest BCUT2D eigenvalue weighted by molar-refractivity contribution is 7.11. The zero-order valence-corrected chi connectivity index (χ0v) is 15.1. The van der Waals surface area contributed by atoms with Crippen molar-refractivity contribution in [3.8, 4) is 0 Å². The highest BCUT2D eigenvalue weighted by Crippen LogP contribution is 2.29. The van der Waals surface area contributed by atoms with Gasteiger partial charge in [-0.2, -0.15) is 0 Å². The van der Waals surface area contributed by atoms with Gasteiger partial charge in [0.2, 0.25) is 5.60 Å². The van der Waals surface area contributed by atoms with E-state index in [4.69, 9.17) is 4.84 Å². The Bertz CT molecular complexity index is 785. The molecule has 2 unspecified atom stereocenters. The molecule has 1 aromatic heterocycles. The molecule has 2 atom stereocenters. The van der Waals surface area contributed by atoms with Crippen molar-refractivity contribution >= 4 is 23.0 Å². The number of rotatable bonds is 4. The van der Waals surface area contributed by atoms with Gasteiger partial charge in [0.1, 0.15) is 0 Å². The number of aryl methyl sites for hydroxylation is 2. The molecule has 0 radical (unpaired) electrons. The standard InChI is InChI=1S/C18H21N3O2S/c1-11-16(24-13(3)19-11)12(2)20-17(22)18(4)10-15(21-23-18)14-8-6-5-7-9-14/h5-9,12H,10H2,1-4H3,(H,20,22). The summed E-state index contributed by atoms with van der Waals surface area (Å²) >= 11 is 1.61. The normalized spacial score (nSPS) is 21.1. The van der Waals surface area contributed by atoms with E-state index in [0.29, 0.717) is 6.42 Å². The Labute approximate surface area is 145 Å². The van der Waals surface area contributed by atoms with Crippen LogP contribution in [-0.4, -0.2) is 22.2 Å². The lowest BCUT2D eigenvalue weighted by Crippen LogP contribution is -2.45. The highest BCUT2D eigenvalue weighted by Gasteiger charge is 2.42. The van der Waals surface area contributed by atoms with E-state index in [9.17, 15) is 4.79 Å². The lowest BCUT2D eigenvalue weighted by atomic mass is 9.95. The maximum absolute atomic E-state index is 12.7. The molecule has 1 aliphatic heterocycles. The van der Waals surface area contributed by atoms with Crippen molar-refractivity contribution in [2.75, 3.05) is 0 Å². The van der Waals surface area contributed by atoms with Crippen LogP contribution in [0, 0.1) is 13.8 Å². The topological polar surface area (TPSA) is 63.6 Å². The number of benzene rings is 1. The molecule has 0 saturated carbocycles. The largest absolute Gasteiger partial charge is 0.379 e. The third-order valence-corrected chi connectivity index (χ3v) is 5.39. The average Bonchev–Trinajstić information content (AvgIpc) is 3.12. The maximum atomic E-state index is 12.7. The highest BCUT2D eigenvalue weighted by atomic mass is 32.1. The summed E-state index contributed by atoms with van der Waals surface area (Å²) in [5.41, 5.74) is 1.76. The van der Waals surface area contributed by atoms with Gasteiger partial charge in [0, 0.05) is 11.3 Å². The third kappa shape index (κ3) is 3.19. The number of carbonyl (C=O) groups is 1. The Hall–Kier alpha value is -2.21. The van der Waals surface area contributed by atoms with E-state index < -0.39 is 5.60 Å². The van der Waals surface area contributed by atoms with E-state index in [1.165, 1.54) is 0 Å². The zero-order chi connectivity index (χ0) is 17.3. The third-order valence-electron chi connectivity index (χ3n) is 4.13. The van der Waals surface area contributed by atoms with Gasteiger partial charge in [0.25, 0.3) is 5.91 Å². The second-order valence-corrected chi connectivity index (χ2v) is 7.52. The molecule has 1 aromatic carbocycles. The van der Waals surface area contributed by atoms with E-state index >= 15 is 0 Å². The Morgan fingerprint density at radius 1 is 1.33 bits per heavy atom. The van der Waals surface area contributed by atoms with Crippen LogP contribution in [0.1, 0.15) is 47.5 Å². The average molecular weight is 343 g/mol. The smallest absolute Gasteiger partial charge is 0.267 e. The molecular formula is C18H21N3O2S. The number of nitrogens with zero attached hydrogens (tertiary/aromatic N) is 2. The minimum atomic E-state index is -0.979. The number of carbonyl (C=O) groups excluding carboxylic acids is 1. The number of hydrogen-bond acceptors (Lipinski definition) is 5. The van der Waals surface area contributed by atoms with Gasteiger partial charge >= 0.3 is 0 Å². The summed E-state index contributed by atoms with van der Waals surface area (Å²) in [6, 6.07) is 9.68. The lowest BCUT2D eigenvalue weighted by Gasteiger charge is -2.23. The van der Waals surface area contributed by atoms with Gasteiger partial charge in [0.15, 0.2) is 0 Å². The summed E-state index contributed by atoms with van der Waals surface area (Å²) in [5, 5.41) is 8.17. The minimum Gasteiger partial charge on any atom is -0.379 e. The monoisotopic (exact) mass is 343 g/mol. The van der Waals surface area contributed by atoms with Gasteiger partial charge in [-0.1, -0.05) is 35.5 Å². The van der Waals surface area contributed by atoms with Crippen LogP contribution in [0.25, 0.3) is 0 Å². The van der Waals surface area contributed by atoms with Crippen molar-refractivity contribution in [1.29, 1.82) is 0 Å². The van der Waals surface area contributed by atoms with Gasteiger partial charge in [-0.25, -0.2) is 4.98 Å². The Kier molecular flexibility index (Phi) is 4.41. The molecule has 1 N–H and O–H groups in total. The number of oxime groups is 1. The predicted molar refractivity (Wildman–Crippen MR) is 95.2 cm³/mol. The van der Waals surface area contributed by atoms with E-state index in [1.807, 2.05) is 51.1 Å². The van der Waals surface area contributed by atoms with Gasteiger partial charge < -0.3 is 10.2 Å². The van der Waals surface area contributed by atoms with Crippen molar-refractivity contribution in [3.05, 3.63) is 51.5 Å². The van der Waals surface area contributed by atoms with Crippen LogP contribution in [0.15, 0.2) is 35.5 Å². The molecule has 126 valence electrons. The summed E-state index contributed by atoms with van der Waals surface area (Å²) in [6.07, 6.45) is 0.455. The number of aromatic nitrogens is 1. The van der Waals surface area contributed by atoms with Crippen molar-refractivity contribution in [2.24, 2.45) is 5.16 Å². The Morgan fingerprint density at radius 3 is 2.67 bits per heavy atom. The van der Waals surface area contributed by atoms with Crippen LogP contribution in [0.2, 0.25) is 0 Å². The molecule has 0 bridgehead atoms. The molecule has 3 rings (SSSR count). The molecule has 2 aromatic rings. The van der Waals surface area contributed by atoms with E-state index in [2.05, 4.69) is 15.5 Å². The first-order chi connectivity index (χ1) is 11.4. The fourth-order valence-electron chi connectivity index (χ4n) is 2.81. The molecule has 1 amide bonds. The molecule has 1 aliphatic rings. The van der Waals surface area contributed by atoms with Crippen molar-refractivity contribution in [1.82, 2.24) is 10.3 Å². The van der Waals surface area contributed by atoms with Crippen LogP contribution < -0.4 is 5.32 Å². The fourth-order valence-corrected chi connectivity index (χ4v) is 3.74. The zero-order valence-electron chi connectivity index (χ0n) is 14.3. The molecule has 0 spiro atoms. The number of hydrogen-bond donors (Lipinski definition) is 1. The molecule has 24 heavy (non-hydrogen) atoms. The van der Waals surface area contributed by atoms with Crippen LogP contribution in [0.4, 0.5) is 0 Å². The first kappa shape index (κ1) is 16.6. The van der Waals surface area contributed by atoms with Gasteiger partial charge in [-0.15, -0.1) is 11.3 Å². The fraction of sp³-hybridized carbons (Fsp3) is 0.389. The summed E-state index contributed by atoms with van der Waals surface area (Å²) in [4.78, 5) is 23.7. The molecule has 0 aliphatic carbocycles. The van der Waals surface area contributed by atoms with Gasteiger partial charge in [-0.05, 0) is 33.3 Å². The first-order valence-electron chi connectivity index (χ1n) is 7.94. The summed E-state index contributed by atoms with van der Waals surface area (Å²) in [5.74, 6) is -0.157. The van der Waals surface area contributed by atoms with E-state index in [1.54, 1.807) is 18.3 Å². The summed E-state index contributed by atoms with van der Waals surface area (Å²) in [6.45, 7) is 7.68. The van der Waals surface area contributed by atoms with Crippen LogP contribution in [-0.2, 0) is 9.63 Å². The van der Waals surface area contributed by atoms with Crippen LogP contribution in [0.3, 0.4) is 0 Å². The maximum Gasteiger partial charge on any atom is 0.267 e. The molecule has 6 heteroatoms. The SMILES string of the molecule is Cc1nc(C)c(C(C)NC(=O)C2(C)CC(c3ccccc3)=NO2)s1. The Morgan fingerprint density at radius 2 is 2.04 bits per heavy atom. The summed E-state index contributed by atoms with van der Waals surface area (Å²) in [7, 11) is 0. The van der Waals surface area contributed by atoms with E-state index in [-0.39, 0.29) is 11.9 Å². The molecule has 0 saturated heterocycles. The first-order valence-corrected chi connectivity index (χ1v) is 8.76. The number of amides is 1. The summed E-state index contributed by atoms with van der Waals surface area (Å²) < 4.78 is 0. The van der Waals surface area contributed by atoms with Crippen molar-refractivity contribution < 1.29 is 9.63 Å².